The minimum Gasteiger partial charge on any atom is -0.455 e. The summed E-state index contributed by atoms with van der Waals surface area (Å²) in [6.07, 6.45) is 0. The van der Waals surface area contributed by atoms with E-state index < -0.39 is 0 Å². The van der Waals surface area contributed by atoms with Crippen molar-refractivity contribution < 1.29 is 8.83 Å². The van der Waals surface area contributed by atoms with Crippen molar-refractivity contribution in [2.45, 2.75) is 0 Å². The third-order valence-corrected chi connectivity index (χ3v) is 21.3. The Morgan fingerprint density at radius 3 is 0.873 bits per heavy atom. The molecule has 16 aromatic carbocycles. The third kappa shape index (κ3) is 11.2. The Labute approximate surface area is 632 Å². The van der Waals surface area contributed by atoms with Crippen LogP contribution in [0, 0.1) is 0 Å². The molecule has 0 aliphatic heterocycles. The normalized spacial score (nSPS) is 11.6. The van der Waals surface area contributed by atoms with Crippen molar-refractivity contribution in [3.8, 4) is 113 Å². The van der Waals surface area contributed by atoms with E-state index in [-0.39, 0.29) is 0 Å². The van der Waals surface area contributed by atoms with Gasteiger partial charge in [0.2, 0.25) is 0 Å². The summed E-state index contributed by atoms with van der Waals surface area (Å²) in [4.78, 5) is 30.9. The fourth-order valence-corrected chi connectivity index (χ4v) is 16.0. The summed E-state index contributed by atoms with van der Waals surface area (Å²) in [5, 5.41) is 15.8. The zero-order valence-electron chi connectivity index (χ0n) is 59.3. The van der Waals surface area contributed by atoms with Crippen LogP contribution >= 0.6 is 0 Å². The number of nitrogens with zero attached hydrogens (tertiary/aromatic N) is 6. The van der Waals surface area contributed by atoms with Gasteiger partial charge in [-0.2, -0.15) is 0 Å². The van der Waals surface area contributed by atoms with Gasteiger partial charge in [-0.15, -0.1) is 0 Å². The van der Waals surface area contributed by atoms with Crippen LogP contribution in [0.2, 0.25) is 0 Å². The lowest BCUT2D eigenvalue weighted by atomic mass is 9.93. The molecule has 0 spiro atoms. The summed E-state index contributed by atoms with van der Waals surface area (Å²) in [7, 11) is 0. The smallest absolute Gasteiger partial charge is 0.160 e. The highest BCUT2D eigenvalue weighted by atomic mass is 16.3. The van der Waals surface area contributed by atoms with Gasteiger partial charge in [-0.1, -0.05) is 315 Å². The molecule has 0 aliphatic rings. The second-order valence-corrected chi connectivity index (χ2v) is 27.9. The Morgan fingerprint density at radius 2 is 0.473 bits per heavy atom. The van der Waals surface area contributed by atoms with Crippen molar-refractivity contribution in [2.75, 3.05) is 0 Å². The van der Waals surface area contributed by atoms with Gasteiger partial charge >= 0.3 is 0 Å². The van der Waals surface area contributed by atoms with E-state index in [2.05, 4.69) is 279 Å². The molecule has 0 amide bonds. The predicted octanol–water partition coefficient (Wildman–Crippen LogP) is 27.1. The maximum absolute atomic E-state index is 6.74. The minimum atomic E-state index is 0.687. The number of hydrogen-bond donors (Lipinski definition) is 0. The van der Waals surface area contributed by atoms with Gasteiger partial charge in [0.15, 0.2) is 11.6 Å². The van der Waals surface area contributed by atoms with E-state index in [4.69, 9.17) is 38.7 Å². The van der Waals surface area contributed by atoms with Crippen LogP contribution in [0.4, 0.5) is 0 Å². The molecular weight excluding hydrogens is 1340 g/mol. The molecule has 6 heterocycles. The fraction of sp³-hybridized carbons (Fsp3) is 0. The van der Waals surface area contributed by atoms with Crippen molar-refractivity contribution in [2.24, 2.45) is 0 Å². The molecule has 0 unspecified atom stereocenters. The number of para-hydroxylation sites is 2. The molecule has 0 saturated carbocycles. The number of pyridine rings is 2. The number of aromatic nitrogens is 6. The largest absolute Gasteiger partial charge is 0.455 e. The monoisotopic (exact) mass is 1400 g/mol. The summed E-state index contributed by atoms with van der Waals surface area (Å²) in [6, 6.07) is 131. The first-order valence-corrected chi connectivity index (χ1v) is 37.0. The molecule has 0 saturated heterocycles. The highest BCUT2D eigenvalue weighted by Gasteiger charge is 2.24. The van der Waals surface area contributed by atoms with Crippen LogP contribution in [0.3, 0.4) is 0 Å². The van der Waals surface area contributed by atoms with Crippen LogP contribution in [0.15, 0.2) is 385 Å². The molecule has 0 radical (unpaired) electrons. The first kappa shape index (κ1) is 63.6. The van der Waals surface area contributed by atoms with Gasteiger partial charge in [-0.05, 0) is 126 Å². The average Bonchev–Trinajstić information content (AvgIpc) is 1.50. The predicted molar refractivity (Wildman–Crippen MR) is 454 cm³/mol. The minimum absolute atomic E-state index is 0.687. The quantitative estimate of drug-likeness (QED) is 0.125. The Balaban J connectivity index is 0.000000140. The lowest BCUT2D eigenvalue weighted by Gasteiger charge is -2.13. The van der Waals surface area contributed by atoms with Crippen molar-refractivity contribution in [3.05, 3.63) is 376 Å². The van der Waals surface area contributed by atoms with E-state index in [0.29, 0.717) is 11.6 Å². The summed E-state index contributed by atoms with van der Waals surface area (Å²) in [6.45, 7) is 0. The van der Waals surface area contributed by atoms with E-state index >= 15 is 0 Å². The van der Waals surface area contributed by atoms with Gasteiger partial charge in [0, 0.05) is 66.1 Å². The van der Waals surface area contributed by atoms with Crippen molar-refractivity contribution in [1.29, 1.82) is 0 Å². The standard InChI is InChI=1S/2C51H31N3O/c1-3-13-33(14-4-1)45-31-46(54-51(53-45)35-15-5-2-6-16-35)34-25-23-32(24-26-34)36-27-28-44-43(29-36)50-48(41-21-11-12-22-47(41)55-50)49(52-44)42-30-37-17-7-8-18-38(37)39-19-9-10-20-40(39)42;1-3-13-33(14-4-1)45-31-46(34-15-5-2-6-16-34)54-51(53-45)35-25-23-32(24-26-35)36-27-28-44-43(29-36)50-48(41-21-11-12-22-47(41)55-50)49(52-44)42-30-37-17-7-8-18-38(37)39-19-9-10-20-40(39)42/h2*1-31H. The molecule has 8 heteroatoms. The Bertz CT molecular complexity index is 6810. The van der Waals surface area contributed by atoms with Crippen LogP contribution in [-0.2, 0) is 0 Å². The lowest BCUT2D eigenvalue weighted by molar-refractivity contribution is 0.672. The van der Waals surface area contributed by atoms with Gasteiger partial charge < -0.3 is 8.83 Å². The molecule has 0 fully saturated rings. The first-order chi connectivity index (χ1) is 54.5. The zero-order valence-corrected chi connectivity index (χ0v) is 59.3. The van der Waals surface area contributed by atoms with Crippen molar-refractivity contribution in [1.82, 2.24) is 29.9 Å². The number of benzene rings is 16. The average molecular weight is 1400 g/mol. The van der Waals surface area contributed by atoms with Crippen LogP contribution in [0.1, 0.15) is 0 Å². The first-order valence-electron chi connectivity index (χ1n) is 37.0. The zero-order chi connectivity index (χ0) is 72.6. The van der Waals surface area contributed by atoms with Crippen LogP contribution in [-0.4, -0.2) is 29.9 Å². The molecular formula is C102H62N6O2. The highest BCUT2D eigenvalue weighted by Crippen LogP contribution is 2.47. The topological polar surface area (TPSA) is 104 Å². The molecule has 0 atom stereocenters. The number of hydrogen-bond acceptors (Lipinski definition) is 8. The summed E-state index contributed by atoms with van der Waals surface area (Å²) < 4.78 is 13.5. The Kier molecular flexibility index (Phi) is 15.4. The third-order valence-electron chi connectivity index (χ3n) is 21.3. The fourth-order valence-electron chi connectivity index (χ4n) is 16.0. The SMILES string of the molecule is c1ccc(-c2cc(-c3ccc(-c4ccc5nc(-c6cc7ccccc7c7ccccc67)c6c7ccccc7oc6c5c4)cc3)nc(-c3ccccc3)n2)cc1.c1ccc(-c2cc(-c3ccccc3)nc(-c3ccc(-c4ccc5nc(-c6cc7ccccc7c7ccccc67)c6c7ccccc7oc6c5c4)cc3)n2)cc1. The van der Waals surface area contributed by atoms with E-state index in [1.54, 1.807) is 0 Å². The van der Waals surface area contributed by atoms with Crippen LogP contribution in [0.25, 0.3) is 221 Å². The summed E-state index contributed by atoms with van der Waals surface area (Å²) in [5.74, 6) is 1.39. The van der Waals surface area contributed by atoms with E-state index in [1.165, 1.54) is 43.1 Å². The van der Waals surface area contributed by atoms with Gasteiger partial charge in [-0.3, -0.25) is 0 Å². The molecule has 22 aromatic rings. The van der Waals surface area contributed by atoms with Crippen LogP contribution in [0.5, 0.6) is 0 Å². The molecule has 22 rings (SSSR count). The number of rotatable bonds is 10. The maximum Gasteiger partial charge on any atom is 0.160 e. The second-order valence-electron chi connectivity index (χ2n) is 27.9. The molecule has 0 bridgehead atoms. The molecule has 6 aromatic heterocycles. The molecule has 0 N–H and O–H groups in total. The molecule has 8 nitrogen and oxygen atoms in total. The number of furan rings is 2. The maximum atomic E-state index is 6.74. The summed E-state index contributed by atoms with van der Waals surface area (Å²) in [5.41, 5.74) is 23.2. The molecule has 512 valence electrons. The number of fused-ring (bicyclic) bond motifs is 16. The van der Waals surface area contributed by atoms with Gasteiger partial charge in [0.1, 0.15) is 22.3 Å². The van der Waals surface area contributed by atoms with E-state index in [1.807, 2.05) is 97.1 Å². The Morgan fingerprint density at radius 1 is 0.182 bits per heavy atom. The Hall–Kier alpha value is -14.9. The van der Waals surface area contributed by atoms with E-state index in [0.717, 1.165) is 167 Å². The van der Waals surface area contributed by atoms with Gasteiger partial charge in [0.05, 0.1) is 56.0 Å². The molecule has 0 aliphatic carbocycles. The van der Waals surface area contributed by atoms with Crippen LogP contribution < -0.4 is 0 Å². The lowest BCUT2D eigenvalue weighted by Crippen LogP contribution is -1.96. The highest BCUT2D eigenvalue weighted by molar-refractivity contribution is 6.25. The van der Waals surface area contributed by atoms with Crippen molar-refractivity contribution >= 4 is 109 Å². The van der Waals surface area contributed by atoms with Gasteiger partial charge in [0.25, 0.3) is 0 Å². The van der Waals surface area contributed by atoms with Crippen molar-refractivity contribution in [3.63, 3.8) is 0 Å². The van der Waals surface area contributed by atoms with E-state index in [9.17, 15) is 0 Å². The molecule has 110 heavy (non-hydrogen) atoms. The van der Waals surface area contributed by atoms with Gasteiger partial charge in [-0.25, -0.2) is 29.9 Å². The second kappa shape index (κ2) is 26.6. The summed E-state index contributed by atoms with van der Waals surface area (Å²) >= 11 is 0.